The lowest BCUT2D eigenvalue weighted by Crippen LogP contribution is -2.35. The van der Waals surface area contributed by atoms with Crippen LogP contribution in [0.4, 0.5) is 0 Å². The lowest BCUT2D eigenvalue weighted by atomic mass is 10.1. The molecule has 7 heteroatoms. The average molecular weight is 302 g/mol. The van der Waals surface area contributed by atoms with Crippen molar-refractivity contribution in [1.29, 1.82) is 0 Å². The first-order chi connectivity index (χ1) is 10.7. The zero-order chi connectivity index (χ0) is 15.5. The fourth-order valence-corrected chi connectivity index (χ4v) is 3.13. The molecule has 2 aromatic heterocycles. The molecule has 3 heterocycles. The summed E-state index contributed by atoms with van der Waals surface area (Å²) < 4.78 is 3.73. The fraction of sp³-hybridized carbons (Fsp3) is 0.600. The van der Waals surface area contributed by atoms with Gasteiger partial charge < -0.3 is 9.47 Å². The molecule has 3 rings (SSSR count). The van der Waals surface area contributed by atoms with Crippen molar-refractivity contribution < 1.29 is 4.79 Å². The topological polar surface area (TPSA) is 68.8 Å². The molecule has 0 radical (unpaired) electrons. The van der Waals surface area contributed by atoms with Gasteiger partial charge in [0.2, 0.25) is 0 Å². The second kappa shape index (κ2) is 6.29. The van der Waals surface area contributed by atoms with Crippen LogP contribution in [0.1, 0.15) is 42.4 Å². The Labute approximate surface area is 129 Å². The molecule has 1 unspecified atom stereocenters. The van der Waals surface area contributed by atoms with E-state index in [1.165, 1.54) is 0 Å². The number of likely N-dealkylation sites (tertiary alicyclic amines) is 1. The highest BCUT2D eigenvalue weighted by Crippen LogP contribution is 2.23. The molecule has 1 aliphatic rings. The van der Waals surface area contributed by atoms with Gasteiger partial charge in [-0.3, -0.25) is 9.48 Å². The largest absolute Gasteiger partial charge is 0.336 e. The summed E-state index contributed by atoms with van der Waals surface area (Å²) in [5.41, 5.74) is 0.672. The molecule has 7 nitrogen and oxygen atoms in total. The van der Waals surface area contributed by atoms with Crippen LogP contribution >= 0.6 is 0 Å². The van der Waals surface area contributed by atoms with E-state index in [0.29, 0.717) is 5.56 Å². The molecule has 2 aromatic rings. The highest BCUT2D eigenvalue weighted by molar-refractivity contribution is 5.94. The monoisotopic (exact) mass is 302 g/mol. The average Bonchev–Trinajstić information content (AvgIpc) is 3.24. The molecular weight excluding hydrogens is 280 g/mol. The third kappa shape index (κ3) is 2.88. The van der Waals surface area contributed by atoms with Crippen molar-refractivity contribution >= 4 is 5.91 Å². The summed E-state index contributed by atoms with van der Waals surface area (Å²) in [4.78, 5) is 14.6. The van der Waals surface area contributed by atoms with Crippen molar-refractivity contribution in [1.82, 2.24) is 29.4 Å². The molecular formula is C15H22N6O. The van der Waals surface area contributed by atoms with Gasteiger partial charge in [0.05, 0.1) is 11.8 Å². The third-order valence-electron chi connectivity index (χ3n) is 4.33. The zero-order valence-corrected chi connectivity index (χ0v) is 13.1. The summed E-state index contributed by atoms with van der Waals surface area (Å²) in [6.07, 6.45) is 9.11. The minimum absolute atomic E-state index is 0.0903. The first kappa shape index (κ1) is 14.7. The minimum Gasteiger partial charge on any atom is -0.336 e. The quantitative estimate of drug-likeness (QED) is 0.834. The van der Waals surface area contributed by atoms with Gasteiger partial charge in [-0.15, -0.1) is 10.2 Å². The van der Waals surface area contributed by atoms with E-state index in [1.807, 2.05) is 11.9 Å². The second-order valence-corrected chi connectivity index (χ2v) is 5.77. The van der Waals surface area contributed by atoms with Crippen LogP contribution in [0.15, 0.2) is 18.7 Å². The Kier molecular flexibility index (Phi) is 4.22. The summed E-state index contributed by atoms with van der Waals surface area (Å²) in [7, 11) is 1.83. The zero-order valence-electron chi connectivity index (χ0n) is 13.1. The van der Waals surface area contributed by atoms with Crippen LogP contribution in [-0.2, 0) is 20.0 Å². The fourth-order valence-electron chi connectivity index (χ4n) is 3.13. The van der Waals surface area contributed by atoms with Crippen molar-refractivity contribution in [3.8, 4) is 0 Å². The highest BCUT2D eigenvalue weighted by Gasteiger charge is 2.30. The van der Waals surface area contributed by atoms with Crippen molar-refractivity contribution in [3.63, 3.8) is 0 Å². The van der Waals surface area contributed by atoms with Crippen LogP contribution in [0.2, 0.25) is 0 Å². The molecule has 0 saturated carbocycles. The van der Waals surface area contributed by atoms with Gasteiger partial charge in [-0.05, 0) is 26.2 Å². The third-order valence-corrected chi connectivity index (χ3v) is 4.33. The van der Waals surface area contributed by atoms with Gasteiger partial charge in [0, 0.05) is 38.8 Å². The maximum atomic E-state index is 12.6. The van der Waals surface area contributed by atoms with Gasteiger partial charge >= 0.3 is 0 Å². The van der Waals surface area contributed by atoms with Gasteiger partial charge in [-0.25, -0.2) is 0 Å². The van der Waals surface area contributed by atoms with Crippen LogP contribution in [0, 0.1) is 0 Å². The maximum absolute atomic E-state index is 12.6. The number of aryl methyl sites for hydroxylation is 3. The number of hydrogen-bond donors (Lipinski definition) is 0. The summed E-state index contributed by atoms with van der Waals surface area (Å²) in [6.45, 7) is 3.80. The Bertz CT molecular complexity index is 646. The number of amides is 1. The minimum atomic E-state index is 0.0903. The molecule has 1 amide bonds. The van der Waals surface area contributed by atoms with Crippen LogP contribution < -0.4 is 0 Å². The molecule has 22 heavy (non-hydrogen) atoms. The lowest BCUT2D eigenvalue weighted by Gasteiger charge is -2.24. The van der Waals surface area contributed by atoms with E-state index in [1.54, 1.807) is 23.4 Å². The van der Waals surface area contributed by atoms with Gasteiger partial charge in [-0.1, -0.05) is 0 Å². The first-order valence-electron chi connectivity index (χ1n) is 7.85. The number of aromatic nitrogens is 5. The summed E-state index contributed by atoms with van der Waals surface area (Å²) in [5, 5.41) is 12.2. The van der Waals surface area contributed by atoms with E-state index < -0.39 is 0 Å². The SMILES string of the molecule is CCn1cnnc1CCC1CCCN1C(=O)c1cnn(C)c1. The van der Waals surface area contributed by atoms with Gasteiger partial charge in [0.1, 0.15) is 12.2 Å². The Morgan fingerprint density at radius 1 is 1.45 bits per heavy atom. The molecule has 0 aromatic carbocycles. The normalized spacial score (nSPS) is 18.1. The predicted octanol–water partition coefficient (Wildman–Crippen LogP) is 1.27. The van der Waals surface area contributed by atoms with Crippen LogP contribution in [0.3, 0.4) is 0 Å². The van der Waals surface area contributed by atoms with Crippen molar-refractivity contribution in [2.24, 2.45) is 7.05 Å². The molecule has 1 atom stereocenters. The van der Waals surface area contributed by atoms with Gasteiger partial charge in [0.15, 0.2) is 0 Å². The van der Waals surface area contributed by atoms with Crippen LogP contribution in [0.5, 0.6) is 0 Å². The standard InChI is InChI=1S/C15H22N6O/c1-3-20-11-16-18-14(20)7-6-13-5-4-8-21(13)15(22)12-9-17-19(2)10-12/h9-11,13H,3-8H2,1-2H3. The first-order valence-corrected chi connectivity index (χ1v) is 7.85. The highest BCUT2D eigenvalue weighted by atomic mass is 16.2. The van der Waals surface area contributed by atoms with Gasteiger partial charge in [-0.2, -0.15) is 5.10 Å². The van der Waals surface area contributed by atoms with Crippen molar-refractivity contribution in [2.45, 2.75) is 45.2 Å². The number of hydrogen-bond acceptors (Lipinski definition) is 4. The molecule has 118 valence electrons. The Hall–Kier alpha value is -2.18. The second-order valence-electron chi connectivity index (χ2n) is 5.77. The molecule has 0 bridgehead atoms. The van der Waals surface area contributed by atoms with Crippen LogP contribution in [-0.4, -0.2) is 47.9 Å². The van der Waals surface area contributed by atoms with Crippen molar-refractivity contribution in [2.75, 3.05) is 6.54 Å². The smallest absolute Gasteiger partial charge is 0.257 e. The van der Waals surface area contributed by atoms with E-state index in [-0.39, 0.29) is 11.9 Å². The molecule has 1 fully saturated rings. The van der Waals surface area contributed by atoms with E-state index in [2.05, 4.69) is 26.8 Å². The summed E-state index contributed by atoms with van der Waals surface area (Å²) >= 11 is 0. The van der Waals surface area contributed by atoms with E-state index in [0.717, 1.165) is 44.6 Å². The molecule has 0 N–H and O–H groups in total. The van der Waals surface area contributed by atoms with E-state index in [4.69, 9.17) is 0 Å². The summed E-state index contributed by atoms with van der Waals surface area (Å²) in [6, 6.07) is 0.287. The molecule has 1 aliphatic heterocycles. The lowest BCUT2D eigenvalue weighted by molar-refractivity contribution is 0.0730. The van der Waals surface area contributed by atoms with E-state index >= 15 is 0 Å². The van der Waals surface area contributed by atoms with Gasteiger partial charge in [0.25, 0.3) is 5.91 Å². The Morgan fingerprint density at radius 3 is 3.05 bits per heavy atom. The number of carbonyl (C=O) groups is 1. The van der Waals surface area contributed by atoms with E-state index in [9.17, 15) is 4.79 Å². The van der Waals surface area contributed by atoms with Crippen LogP contribution in [0.25, 0.3) is 0 Å². The molecule has 0 spiro atoms. The predicted molar refractivity (Wildman–Crippen MR) is 81.3 cm³/mol. The number of rotatable bonds is 5. The molecule has 0 aliphatic carbocycles. The number of nitrogens with zero attached hydrogens (tertiary/aromatic N) is 6. The molecule has 1 saturated heterocycles. The van der Waals surface area contributed by atoms with Crippen molar-refractivity contribution in [3.05, 3.63) is 30.1 Å². The Morgan fingerprint density at radius 2 is 2.32 bits per heavy atom. The summed E-state index contributed by atoms with van der Waals surface area (Å²) in [5.74, 6) is 1.09. The Balaban J connectivity index is 1.64. The number of carbonyl (C=O) groups excluding carboxylic acids is 1. The maximum Gasteiger partial charge on any atom is 0.257 e.